The average Bonchev–Trinajstić information content (AvgIpc) is 3.53. The van der Waals surface area contributed by atoms with Gasteiger partial charge >= 0.3 is 5.24 Å². The summed E-state index contributed by atoms with van der Waals surface area (Å²) in [6.45, 7) is 6.94. The van der Waals surface area contributed by atoms with Crippen LogP contribution in [0.5, 0.6) is 5.75 Å². The maximum absolute atomic E-state index is 12.6. The van der Waals surface area contributed by atoms with E-state index < -0.39 is 15.1 Å². The minimum Gasteiger partial charge on any atom is -0.488 e. The summed E-state index contributed by atoms with van der Waals surface area (Å²) in [4.78, 5) is 25.9. The first-order valence-electron chi connectivity index (χ1n) is 13.5. The minimum atomic E-state index is -3.78. The van der Waals surface area contributed by atoms with Crippen molar-refractivity contribution in [3.63, 3.8) is 0 Å². The van der Waals surface area contributed by atoms with E-state index in [0.717, 1.165) is 51.0 Å². The summed E-state index contributed by atoms with van der Waals surface area (Å²) < 4.78 is 38.5. The number of carbonyl (C=O) groups is 1. The number of rotatable bonds is 5. The van der Waals surface area contributed by atoms with Crippen molar-refractivity contribution >= 4 is 32.1 Å². The van der Waals surface area contributed by atoms with Gasteiger partial charge in [-0.25, -0.2) is 13.4 Å². The molecule has 12 heteroatoms. The van der Waals surface area contributed by atoms with Crippen LogP contribution in [0.3, 0.4) is 0 Å². The molecule has 0 bridgehead atoms. The van der Waals surface area contributed by atoms with Gasteiger partial charge in [0.1, 0.15) is 23.9 Å². The molecule has 2 aliphatic heterocycles. The predicted octanol–water partition coefficient (Wildman–Crippen LogP) is 4.14. The van der Waals surface area contributed by atoms with Gasteiger partial charge in [-0.3, -0.25) is 14.3 Å². The lowest BCUT2D eigenvalue weighted by atomic mass is 10.0. The fraction of sp³-hybridized carbons (Fsp3) is 0.429. The zero-order valence-corrected chi connectivity index (χ0v) is 23.8. The molecule has 1 fully saturated rings. The van der Waals surface area contributed by atoms with Gasteiger partial charge in [0.05, 0.1) is 28.2 Å². The average molecular weight is 565 g/mol. The van der Waals surface area contributed by atoms with Crippen LogP contribution in [0, 0.1) is 13.8 Å². The molecule has 11 nitrogen and oxygen atoms in total. The highest BCUT2D eigenvalue weighted by Gasteiger charge is 2.36. The summed E-state index contributed by atoms with van der Waals surface area (Å²) >= 11 is 0. The van der Waals surface area contributed by atoms with Crippen LogP contribution in [0.2, 0.25) is 0 Å². The molecule has 6 rings (SSSR count). The van der Waals surface area contributed by atoms with Gasteiger partial charge < -0.3 is 19.1 Å². The van der Waals surface area contributed by atoms with E-state index in [1.54, 1.807) is 13.2 Å². The van der Waals surface area contributed by atoms with E-state index in [-0.39, 0.29) is 17.8 Å². The molecule has 4 aromatic rings. The van der Waals surface area contributed by atoms with Crippen LogP contribution in [0.4, 0.5) is 10.7 Å². The fourth-order valence-corrected chi connectivity index (χ4v) is 6.68. The zero-order chi connectivity index (χ0) is 28.2. The number of ether oxygens (including phenoxy) is 1. The third kappa shape index (κ3) is 4.21. The minimum absolute atomic E-state index is 0.160. The predicted molar refractivity (Wildman–Crippen MR) is 150 cm³/mol. The number of carbonyl (C=O) groups excluding carboxylic acids is 1. The lowest BCUT2D eigenvalue weighted by Crippen LogP contribution is -2.48. The molecular formula is C28H32N6O5S. The summed E-state index contributed by atoms with van der Waals surface area (Å²) in [7, 11) is -2.20. The van der Waals surface area contributed by atoms with Crippen molar-refractivity contribution in [3.05, 3.63) is 53.7 Å². The van der Waals surface area contributed by atoms with Gasteiger partial charge in [0.2, 0.25) is 15.8 Å². The van der Waals surface area contributed by atoms with Crippen LogP contribution in [-0.2, 0) is 9.84 Å². The Morgan fingerprint density at radius 1 is 1.15 bits per heavy atom. The van der Waals surface area contributed by atoms with E-state index in [1.807, 2.05) is 44.2 Å². The molecule has 0 unspecified atom stereocenters. The van der Waals surface area contributed by atoms with Gasteiger partial charge in [0, 0.05) is 37.9 Å². The molecule has 5 heterocycles. The second kappa shape index (κ2) is 9.92. The normalized spacial score (nSPS) is 17.7. The second-order valence-electron chi connectivity index (χ2n) is 10.4. The van der Waals surface area contributed by atoms with E-state index in [9.17, 15) is 13.2 Å². The van der Waals surface area contributed by atoms with E-state index in [2.05, 4.69) is 19.6 Å². The third-order valence-electron chi connectivity index (χ3n) is 8.05. The van der Waals surface area contributed by atoms with Gasteiger partial charge in [0.15, 0.2) is 5.75 Å². The summed E-state index contributed by atoms with van der Waals surface area (Å²) in [5, 5.41) is 3.34. The number of aromatic nitrogens is 4. The zero-order valence-electron chi connectivity index (χ0n) is 23.0. The smallest absolute Gasteiger partial charge is 0.338 e. The van der Waals surface area contributed by atoms with Crippen molar-refractivity contribution in [2.45, 2.75) is 45.7 Å². The molecule has 1 atom stereocenters. The first-order chi connectivity index (χ1) is 19.2. The van der Waals surface area contributed by atoms with Crippen molar-refractivity contribution in [2.24, 2.45) is 0 Å². The van der Waals surface area contributed by atoms with E-state index >= 15 is 0 Å². The number of sulfone groups is 1. The lowest BCUT2D eigenvalue weighted by Gasteiger charge is -2.38. The molecule has 0 spiro atoms. The summed E-state index contributed by atoms with van der Waals surface area (Å²) in [6.07, 6.45) is 3.04. The Balaban J connectivity index is 1.40. The monoisotopic (exact) mass is 564 g/mol. The van der Waals surface area contributed by atoms with Crippen LogP contribution in [0.15, 0.2) is 41.1 Å². The third-order valence-corrected chi connectivity index (χ3v) is 9.63. The Hall–Kier alpha value is -3.93. The van der Waals surface area contributed by atoms with Crippen molar-refractivity contribution in [3.8, 4) is 16.9 Å². The van der Waals surface area contributed by atoms with E-state index in [0.29, 0.717) is 32.5 Å². The van der Waals surface area contributed by atoms with E-state index in [1.165, 1.54) is 11.8 Å². The molecule has 2 aliphatic rings. The molecule has 3 aromatic heterocycles. The summed E-state index contributed by atoms with van der Waals surface area (Å²) in [5.74, 6) is 2.07. The fourth-order valence-electron chi connectivity index (χ4n) is 5.85. The van der Waals surface area contributed by atoms with Crippen molar-refractivity contribution in [2.75, 3.05) is 37.4 Å². The Morgan fingerprint density at radius 2 is 1.93 bits per heavy atom. The molecule has 1 saturated heterocycles. The van der Waals surface area contributed by atoms with Gasteiger partial charge in [0.25, 0.3) is 0 Å². The number of pyridine rings is 1. The molecule has 0 saturated carbocycles. The van der Waals surface area contributed by atoms with Crippen molar-refractivity contribution in [1.29, 1.82) is 0 Å². The molecule has 40 heavy (non-hydrogen) atoms. The Bertz CT molecular complexity index is 1670. The van der Waals surface area contributed by atoms with Gasteiger partial charge in [-0.1, -0.05) is 18.1 Å². The first kappa shape index (κ1) is 26.3. The number of piperidine rings is 1. The lowest BCUT2D eigenvalue weighted by molar-refractivity contribution is 0.200. The van der Waals surface area contributed by atoms with E-state index in [4.69, 9.17) is 14.2 Å². The highest BCUT2D eigenvalue weighted by atomic mass is 32.2. The van der Waals surface area contributed by atoms with Crippen LogP contribution in [-0.4, -0.2) is 76.8 Å². The van der Waals surface area contributed by atoms with Crippen LogP contribution >= 0.6 is 0 Å². The number of imidazole rings is 1. The maximum Gasteiger partial charge on any atom is 0.338 e. The molecule has 210 valence electrons. The Morgan fingerprint density at radius 3 is 2.58 bits per heavy atom. The van der Waals surface area contributed by atoms with Crippen LogP contribution in [0.1, 0.15) is 43.0 Å². The first-order valence-corrected chi connectivity index (χ1v) is 15.1. The molecule has 1 aromatic carbocycles. The number of amides is 1. The van der Waals surface area contributed by atoms with Gasteiger partial charge in [-0.2, -0.15) is 0 Å². The number of hydrogen-bond donors (Lipinski definition) is 0. The highest BCUT2D eigenvalue weighted by molar-refractivity contribution is 8.05. The van der Waals surface area contributed by atoms with Crippen molar-refractivity contribution in [1.82, 2.24) is 24.6 Å². The van der Waals surface area contributed by atoms with Crippen LogP contribution in [0.25, 0.3) is 22.2 Å². The van der Waals surface area contributed by atoms with Crippen molar-refractivity contribution < 1.29 is 22.5 Å². The Labute approximate surface area is 232 Å². The number of hydrogen-bond acceptors (Lipinski definition) is 9. The summed E-state index contributed by atoms with van der Waals surface area (Å²) in [6, 6.07) is 9.51. The summed E-state index contributed by atoms with van der Waals surface area (Å²) in [5.41, 5.74) is 5.19. The van der Waals surface area contributed by atoms with Gasteiger partial charge in [-0.05, 0) is 51.0 Å². The molecule has 1 amide bonds. The SMILES string of the molecule is CCS(=O)(=O)C(=O)N(C)C1CCN(c2nc3ccc(-c4c(C)noc4C)c4c3n2[C@@H](c2ccccn2)CO4)CC1. The largest absolute Gasteiger partial charge is 0.488 e. The topological polar surface area (TPSA) is 124 Å². The number of aryl methyl sites for hydroxylation is 2. The molecule has 0 radical (unpaired) electrons. The Kier molecular flexibility index (Phi) is 6.52. The standard InChI is InChI=1S/C28H32N6O5S/c1-5-40(36,37)28(35)32(4)19-11-14-33(15-12-19)27-30-22-10-9-20(24-17(2)31-39-18(24)3)26-25(22)34(27)23(16-38-26)21-8-6-7-13-29-21/h6-10,13,19,23H,5,11-12,14-16H2,1-4H3/t23-/m1/s1. The van der Waals surface area contributed by atoms with Gasteiger partial charge in [-0.15, -0.1) is 0 Å². The number of anilines is 1. The molecule has 0 N–H and O–H groups in total. The molecule has 0 aliphatic carbocycles. The second-order valence-corrected chi connectivity index (χ2v) is 12.5. The quantitative estimate of drug-likeness (QED) is 0.352. The number of benzene rings is 1. The molecular weight excluding hydrogens is 532 g/mol. The van der Waals surface area contributed by atoms with Crippen LogP contribution < -0.4 is 9.64 Å². The highest BCUT2D eigenvalue weighted by Crippen LogP contribution is 2.46. The number of nitrogens with zero attached hydrogens (tertiary/aromatic N) is 6. The maximum atomic E-state index is 12.6.